The van der Waals surface area contributed by atoms with Crippen molar-refractivity contribution in [1.82, 2.24) is 9.29 Å². The van der Waals surface area contributed by atoms with Crippen LogP contribution >= 0.6 is 0 Å². The molecule has 0 aliphatic carbocycles. The standard InChI is InChI=1S/C11H17N3O3S/c1-8-4-6-14(9(8)7-15)18(16,17)10-3-2-5-13-11(10)12/h2-3,5,8-9,15H,4,6-7H2,1H3,(H2,12,13). The highest BCUT2D eigenvalue weighted by Crippen LogP contribution is 2.31. The zero-order chi connectivity index (χ0) is 13.3. The van der Waals surface area contributed by atoms with Gasteiger partial charge in [0.1, 0.15) is 10.7 Å². The zero-order valence-corrected chi connectivity index (χ0v) is 11.0. The van der Waals surface area contributed by atoms with E-state index in [4.69, 9.17) is 5.73 Å². The Morgan fingerprint density at radius 2 is 2.33 bits per heavy atom. The number of nitrogen functional groups attached to an aromatic ring is 1. The molecule has 1 aromatic heterocycles. The van der Waals surface area contributed by atoms with Crippen LogP contribution in [0.25, 0.3) is 0 Å². The van der Waals surface area contributed by atoms with Crippen LogP contribution in [0.3, 0.4) is 0 Å². The summed E-state index contributed by atoms with van der Waals surface area (Å²) in [5.41, 5.74) is 5.62. The number of rotatable bonds is 3. The van der Waals surface area contributed by atoms with Gasteiger partial charge in [0.05, 0.1) is 12.6 Å². The first-order valence-corrected chi connectivity index (χ1v) is 7.25. The van der Waals surface area contributed by atoms with Gasteiger partial charge in [0, 0.05) is 12.7 Å². The number of hydrogen-bond acceptors (Lipinski definition) is 5. The molecule has 2 rings (SSSR count). The second kappa shape index (κ2) is 4.83. The van der Waals surface area contributed by atoms with Crippen LogP contribution in [0.2, 0.25) is 0 Å². The average Bonchev–Trinajstić information content (AvgIpc) is 2.71. The summed E-state index contributed by atoms with van der Waals surface area (Å²) < 4.78 is 26.3. The van der Waals surface area contributed by atoms with Gasteiger partial charge < -0.3 is 10.8 Å². The number of nitrogens with zero attached hydrogens (tertiary/aromatic N) is 2. The number of nitrogens with two attached hydrogens (primary N) is 1. The number of sulfonamides is 1. The van der Waals surface area contributed by atoms with Gasteiger partial charge in [-0.2, -0.15) is 4.31 Å². The Morgan fingerprint density at radius 1 is 1.61 bits per heavy atom. The Balaban J connectivity index is 2.41. The van der Waals surface area contributed by atoms with Crippen LogP contribution in [0.1, 0.15) is 13.3 Å². The number of aliphatic hydroxyl groups is 1. The largest absolute Gasteiger partial charge is 0.395 e. The summed E-state index contributed by atoms with van der Waals surface area (Å²) in [7, 11) is -3.68. The van der Waals surface area contributed by atoms with Crippen LogP contribution in [-0.2, 0) is 10.0 Å². The second-order valence-electron chi connectivity index (χ2n) is 4.52. The molecular weight excluding hydrogens is 254 g/mol. The van der Waals surface area contributed by atoms with E-state index >= 15 is 0 Å². The van der Waals surface area contributed by atoms with Gasteiger partial charge in [-0.3, -0.25) is 0 Å². The minimum atomic E-state index is -3.68. The van der Waals surface area contributed by atoms with Gasteiger partial charge in [-0.05, 0) is 24.5 Å². The molecular formula is C11H17N3O3S. The maximum absolute atomic E-state index is 12.5. The van der Waals surface area contributed by atoms with Crippen molar-refractivity contribution < 1.29 is 13.5 Å². The molecule has 2 atom stereocenters. The Morgan fingerprint density at radius 3 is 2.94 bits per heavy atom. The van der Waals surface area contributed by atoms with Gasteiger partial charge in [0.15, 0.2) is 0 Å². The minimum absolute atomic E-state index is 0.00579. The van der Waals surface area contributed by atoms with Crippen molar-refractivity contribution in [2.24, 2.45) is 5.92 Å². The summed E-state index contributed by atoms with van der Waals surface area (Å²) >= 11 is 0. The second-order valence-corrected chi connectivity index (χ2v) is 6.38. The molecule has 2 heterocycles. The fourth-order valence-electron chi connectivity index (χ4n) is 2.29. The van der Waals surface area contributed by atoms with E-state index in [-0.39, 0.29) is 29.3 Å². The first-order chi connectivity index (χ1) is 8.48. The molecule has 0 saturated carbocycles. The van der Waals surface area contributed by atoms with Crippen LogP contribution < -0.4 is 5.73 Å². The fourth-order valence-corrected chi connectivity index (χ4v) is 4.09. The molecule has 1 aliphatic heterocycles. The van der Waals surface area contributed by atoms with Crippen molar-refractivity contribution in [3.8, 4) is 0 Å². The molecule has 1 fully saturated rings. The molecule has 100 valence electrons. The molecule has 0 bridgehead atoms. The Labute approximate surface area is 106 Å². The number of hydrogen-bond donors (Lipinski definition) is 2. The molecule has 3 N–H and O–H groups in total. The third kappa shape index (κ3) is 2.09. The number of aliphatic hydroxyl groups excluding tert-OH is 1. The van der Waals surface area contributed by atoms with E-state index in [1.54, 1.807) is 0 Å². The minimum Gasteiger partial charge on any atom is -0.395 e. The molecule has 0 spiro atoms. The molecule has 0 radical (unpaired) electrons. The van der Waals surface area contributed by atoms with Crippen molar-refractivity contribution in [3.63, 3.8) is 0 Å². The molecule has 18 heavy (non-hydrogen) atoms. The summed E-state index contributed by atoms with van der Waals surface area (Å²) in [6.07, 6.45) is 2.19. The summed E-state index contributed by atoms with van der Waals surface area (Å²) in [4.78, 5) is 3.81. The molecule has 6 nitrogen and oxygen atoms in total. The van der Waals surface area contributed by atoms with E-state index < -0.39 is 10.0 Å². The van der Waals surface area contributed by atoms with Crippen LogP contribution in [-0.4, -0.2) is 42.0 Å². The van der Waals surface area contributed by atoms with Gasteiger partial charge in [-0.15, -0.1) is 0 Å². The topological polar surface area (TPSA) is 96.5 Å². The predicted octanol–water partition coefficient (Wildman–Crippen LogP) is 0.0552. The van der Waals surface area contributed by atoms with Gasteiger partial charge in [0.2, 0.25) is 10.0 Å². The lowest BCUT2D eigenvalue weighted by molar-refractivity contribution is 0.191. The lowest BCUT2D eigenvalue weighted by Gasteiger charge is -2.24. The van der Waals surface area contributed by atoms with Gasteiger partial charge in [-0.25, -0.2) is 13.4 Å². The lowest BCUT2D eigenvalue weighted by Crippen LogP contribution is -2.40. The fraction of sp³-hybridized carbons (Fsp3) is 0.545. The van der Waals surface area contributed by atoms with E-state index in [1.165, 1.54) is 22.6 Å². The monoisotopic (exact) mass is 271 g/mol. The van der Waals surface area contributed by atoms with Crippen LogP contribution in [0.5, 0.6) is 0 Å². The highest BCUT2D eigenvalue weighted by atomic mass is 32.2. The van der Waals surface area contributed by atoms with Crippen molar-refractivity contribution in [2.75, 3.05) is 18.9 Å². The molecule has 0 aromatic carbocycles. The molecule has 1 aromatic rings. The summed E-state index contributed by atoms with van der Waals surface area (Å²) in [6, 6.07) is 2.60. The smallest absolute Gasteiger partial charge is 0.247 e. The van der Waals surface area contributed by atoms with Crippen LogP contribution in [0, 0.1) is 5.92 Å². The number of aromatic nitrogens is 1. The molecule has 2 unspecified atom stereocenters. The Kier molecular flexibility index (Phi) is 3.56. The third-order valence-electron chi connectivity index (χ3n) is 3.41. The van der Waals surface area contributed by atoms with E-state index in [9.17, 15) is 13.5 Å². The van der Waals surface area contributed by atoms with E-state index in [2.05, 4.69) is 4.98 Å². The van der Waals surface area contributed by atoms with Gasteiger partial charge in [0.25, 0.3) is 0 Å². The zero-order valence-electron chi connectivity index (χ0n) is 10.2. The summed E-state index contributed by atoms with van der Waals surface area (Å²) in [5, 5.41) is 9.33. The molecule has 7 heteroatoms. The van der Waals surface area contributed by atoms with Gasteiger partial charge >= 0.3 is 0 Å². The number of pyridine rings is 1. The highest BCUT2D eigenvalue weighted by molar-refractivity contribution is 7.89. The van der Waals surface area contributed by atoms with E-state index in [0.717, 1.165) is 6.42 Å². The Bertz CT molecular complexity index is 532. The quantitative estimate of drug-likeness (QED) is 0.810. The van der Waals surface area contributed by atoms with Crippen molar-refractivity contribution >= 4 is 15.8 Å². The summed E-state index contributed by atoms with van der Waals surface area (Å²) in [5.74, 6) is 0.136. The highest BCUT2D eigenvalue weighted by Gasteiger charge is 2.39. The summed E-state index contributed by atoms with van der Waals surface area (Å²) in [6.45, 7) is 2.16. The molecule has 1 saturated heterocycles. The lowest BCUT2D eigenvalue weighted by atomic mass is 10.0. The maximum atomic E-state index is 12.5. The van der Waals surface area contributed by atoms with E-state index in [0.29, 0.717) is 6.54 Å². The predicted molar refractivity (Wildman–Crippen MR) is 67.2 cm³/mol. The van der Waals surface area contributed by atoms with Crippen LogP contribution in [0.4, 0.5) is 5.82 Å². The maximum Gasteiger partial charge on any atom is 0.247 e. The SMILES string of the molecule is CC1CCN(S(=O)(=O)c2cccnc2N)C1CO. The molecule has 0 amide bonds. The Hall–Kier alpha value is -1.18. The van der Waals surface area contributed by atoms with Crippen molar-refractivity contribution in [1.29, 1.82) is 0 Å². The molecule has 1 aliphatic rings. The first kappa shape index (κ1) is 13.3. The average molecular weight is 271 g/mol. The van der Waals surface area contributed by atoms with Crippen molar-refractivity contribution in [3.05, 3.63) is 18.3 Å². The van der Waals surface area contributed by atoms with Gasteiger partial charge in [-0.1, -0.05) is 6.92 Å². The first-order valence-electron chi connectivity index (χ1n) is 5.81. The number of anilines is 1. The van der Waals surface area contributed by atoms with E-state index in [1.807, 2.05) is 6.92 Å². The third-order valence-corrected chi connectivity index (χ3v) is 5.38. The van der Waals surface area contributed by atoms with Crippen LogP contribution in [0.15, 0.2) is 23.2 Å². The van der Waals surface area contributed by atoms with Crippen molar-refractivity contribution in [2.45, 2.75) is 24.3 Å². The normalized spacial score (nSPS) is 25.4.